The number of aromatic nitrogens is 1. The zero-order chi connectivity index (χ0) is 19.1. The van der Waals surface area contributed by atoms with Gasteiger partial charge in [-0.1, -0.05) is 0 Å². The van der Waals surface area contributed by atoms with Gasteiger partial charge >= 0.3 is 0 Å². The van der Waals surface area contributed by atoms with Crippen LogP contribution in [-0.2, 0) is 20.1 Å². The van der Waals surface area contributed by atoms with E-state index >= 15 is 0 Å². The van der Waals surface area contributed by atoms with Crippen molar-refractivity contribution in [2.75, 3.05) is 35.4 Å². The largest absolute Gasteiger partial charge is 0.496 e. The van der Waals surface area contributed by atoms with Crippen LogP contribution in [0.25, 0.3) is 0 Å². The van der Waals surface area contributed by atoms with Crippen LogP contribution in [0.3, 0.4) is 0 Å². The summed E-state index contributed by atoms with van der Waals surface area (Å²) in [6.07, 6.45) is 2.03. The minimum absolute atomic E-state index is 0. The second-order valence-electron chi connectivity index (χ2n) is 5.88. The predicted molar refractivity (Wildman–Crippen MR) is 119 cm³/mol. The number of aliphatic imine (C=N–C) groups is 1. The normalized spacial score (nSPS) is 10.8. The highest BCUT2D eigenvalue weighted by Crippen LogP contribution is 2.33. The van der Waals surface area contributed by atoms with Gasteiger partial charge < -0.3 is 29.0 Å². The molecule has 0 atom stereocenters. The number of halogens is 1. The Hall–Kier alpha value is -2.10. The summed E-state index contributed by atoms with van der Waals surface area (Å²) in [5.41, 5.74) is 2.11. The predicted octanol–water partition coefficient (Wildman–Crippen LogP) is 2.88. The van der Waals surface area contributed by atoms with Crippen LogP contribution in [0.2, 0.25) is 0 Å². The Balaban J connectivity index is 0.00000364. The number of hydrogen-bond donors (Lipinski definition) is 1. The number of aryl methyl sites for hydroxylation is 1. The van der Waals surface area contributed by atoms with Crippen LogP contribution in [-0.4, -0.2) is 50.9 Å². The molecular formula is C19H29IN4O3. The lowest BCUT2D eigenvalue weighted by atomic mass is 10.1. The average molecular weight is 488 g/mol. The Kier molecular flexibility index (Phi) is 9.27. The summed E-state index contributed by atoms with van der Waals surface area (Å²) >= 11 is 0. The smallest absolute Gasteiger partial charge is 0.194 e. The highest BCUT2D eigenvalue weighted by Gasteiger charge is 2.15. The molecule has 1 aromatic heterocycles. The molecular weight excluding hydrogens is 459 g/mol. The van der Waals surface area contributed by atoms with Crippen molar-refractivity contribution in [3.05, 3.63) is 41.7 Å². The van der Waals surface area contributed by atoms with Gasteiger partial charge in [-0.3, -0.25) is 4.99 Å². The van der Waals surface area contributed by atoms with E-state index in [-0.39, 0.29) is 24.0 Å². The molecule has 2 rings (SSSR count). The Morgan fingerprint density at radius 2 is 1.78 bits per heavy atom. The molecule has 0 radical (unpaired) electrons. The molecule has 7 nitrogen and oxygen atoms in total. The first kappa shape index (κ1) is 22.9. The Morgan fingerprint density at radius 1 is 1.15 bits per heavy atom. The molecule has 27 heavy (non-hydrogen) atoms. The zero-order valence-electron chi connectivity index (χ0n) is 16.8. The first-order valence-corrected chi connectivity index (χ1v) is 8.34. The van der Waals surface area contributed by atoms with Gasteiger partial charge in [0.1, 0.15) is 17.2 Å². The zero-order valence-corrected chi connectivity index (χ0v) is 19.1. The van der Waals surface area contributed by atoms with E-state index < -0.39 is 0 Å². The van der Waals surface area contributed by atoms with Crippen LogP contribution < -0.4 is 19.5 Å². The minimum atomic E-state index is 0. The molecule has 1 aromatic carbocycles. The van der Waals surface area contributed by atoms with E-state index in [0.29, 0.717) is 23.8 Å². The lowest BCUT2D eigenvalue weighted by Crippen LogP contribution is -2.38. The van der Waals surface area contributed by atoms with Crippen molar-refractivity contribution < 1.29 is 14.2 Å². The number of hydrogen-bond acceptors (Lipinski definition) is 4. The van der Waals surface area contributed by atoms with Crippen molar-refractivity contribution in [1.82, 2.24) is 14.8 Å². The molecule has 0 unspecified atom stereocenters. The Morgan fingerprint density at radius 3 is 2.22 bits per heavy atom. The van der Waals surface area contributed by atoms with Crippen molar-refractivity contribution in [3.63, 3.8) is 0 Å². The molecule has 1 N–H and O–H groups in total. The summed E-state index contributed by atoms with van der Waals surface area (Å²) in [5.74, 6) is 2.88. The lowest BCUT2D eigenvalue weighted by molar-refractivity contribution is 0.367. The summed E-state index contributed by atoms with van der Waals surface area (Å²) in [5, 5.41) is 3.37. The Labute approximate surface area is 178 Å². The fourth-order valence-corrected chi connectivity index (χ4v) is 2.78. The highest BCUT2D eigenvalue weighted by atomic mass is 127. The molecule has 150 valence electrons. The summed E-state index contributed by atoms with van der Waals surface area (Å²) in [6, 6.07) is 7.82. The van der Waals surface area contributed by atoms with E-state index in [4.69, 9.17) is 14.2 Å². The summed E-state index contributed by atoms with van der Waals surface area (Å²) in [4.78, 5) is 6.44. The maximum atomic E-state index is 5.50. The molecule has 0 spiro atoms. The average Bonchev–Trinajstić information content (AvgIpc) is 3.06. The van der Waals surface area contributed by atoms with Crippen LogP contribution in [0, 0.1) is 0 Å². The second kappa shape index (κ2) is 10.9. The summed E-state index contributed by atoms with van der Waals surface area (Å²) < 4.78 is 18.4. The topological polar surface area (TPSA) is 60.3 Å². The Bertz CT molecular complexity index is 736. The monoisotopic (exact) mass is 488 g/mol. The van der Waals surface area contributed by atoms with Gasteiger partial charge in [0, 0.05) is 45.2 Å². The third-order valence-corrected chi connectivity index (χ3v) is 4.26. The second-order valence-corrected chi connectivity index (χ2v) is 5.88. The molecule has 0 saturated heterocycles. The van der Waals surface area contributed by atoms with Gasteiger partial charge in [0.05, 0.1) is 40.0 Å². The molecule has 0 fully saturated rings. The third kappa shape index (κ3) is 5.69. The molecule has 0 aliphatic heterocycles. The maximum Gasteiger partial charge on any atom is 0.194 e. The number of methoxy groups -OCH3 is 3. The van der Waals surface area contributed by atoms with E-state index in [0.717, 1.165) is 18.1 Å². The molecule has 2 aromatic rings. The van der Waals surface area contributed by atoms with Gasteiger partial charge in [-0.25, -0.2) is 0 Å². The summed E-state index contributed by atoms with van der Waals surface area (Å²) in [6.45, 7) is 1.26. The van der Waals surface area contributed by atoms with Crippen molar-refractivity contribution in [1.29, 1.82) is 0 Å². The van der Waals surface area contributed by atoms with Gasteiger partial charge in [0.15, 0.2) is 5.96 Å². The molecule has 0 saturated carbocycles. The van der Waals surface area contributed by atoms with Crippen LogP contribution >= 0.6 is 24.0 Å². The van der Waals surface area contributed by atoms with E-state index in [1.165, 1.54) is 5.69 Å². The standard InChI is InChI=1S/C19H28N4O3.HI/c1-20-19(23(3)13-14-8-7-9-22(14)2)21-12-16-17(25-5)10-15(24-4)11-18(16)26-6;/h7-11H,12-13H2,1-6H3,(H,20,21);1H. The van der Waals surface area contributed by atoms with Crippen molar-refractivity contribution in [2.24, 2.45) is 12.0 Å². The fraction of sp³-hybridized carbons (Fsp3) is 0.421. The number of ether oxygens (including phenoxy) is 3. The summed E-state index contributed by atoms with van der Waals surface area (Å²) in [7, 11) is 10.7. The maximum absolute atomic E-state index is 5.50. The number of nitrogens with one attached hydrogen (secondary N) is 1. The third-order valence-electron chi connectivity index (χ3n) is 4.26. The minimum Gasteiger partial charge on any atom is -0.496 e. The van der Waals surface area contributed by atoms with Gasteiger partial charge in [-0.2, -0.15) is 0 Å². The van der Waals surface area contributed by atoms with E-state index in [2.05, 4.69) is 25.8 Å². The van der Waals surface area contributed by atoms with Crippen molar-refractivity contribution in [3.8, 4) is 17.2 Å². The van der Waals surface area contributed by atoms with E-state index in [1.807, 2.05) is 38.5 Å². The first-order valence-electron chi connectivity index (χ1n) is 8.34. The van der Waals surface area contributed by atoms with Crippen molar-refractivity contribution in [2.45, 2.75) is 13.1 Å². The molecule has 0 amide bonds. The van der Waals surface area contributed by atoms with E-state index in [1.54, 1.807) is 28.4 Å². The quantitative estimate of drug-likeness (QED) is 0.369. The molecule has 8 heteroatoms. The molecule has 0 aliphatic rings. The van der Waals surface area contributed by atoms with Gasteiger partial charge in [0.2, 0.25) is 0 Å². The number of guanidine groups is 1. The van der Waals surface area contributed by atoms with Crippen molar-refractivity contribution >= 4 is 29.9 Å². The van der Waals surface area contributed by atoms with Gasteiger partial charge in [-0.05, 0) is 12.1 Å². The van der Waals surface area contributed by atoms with Gasteiger partial charge in [0.25, 0.3) is 0 Å². The molecule has 0 aliphatic carbocycles. The lowest BCUT2D eigenvalue weighted by Gasteiger charge is -2.23. The van der Waals surface area contributed by atoms with E-state index in [9.17, 15) is 0 Å². The fourth-order valence-electron chi connectivity index (χ4n) is 2.78. The highest BCUT2D eigenvalue weighted by molar-refractivity contribution is 14.0. The van der Waals surface area contributed by atoms with Crippen LogP contribution in [0.15, 0.2) is 35.5 Å². The molecule has 0 bridgehead atoms. The SMILES string of the molecule is CN=C(NCc1c(OC)cc(OC)cc1OC)N(C)Cc1cccn1C.I. The number of benzene rings is 1. The number of rotatable bonds is 7. The van der Waals surface area contributed by atoms with Crippen LogP contribution in [0.5, 0.6) is 17.2 Å². The van der Waals surface area contributed by atoms with Gasteiger partial charge in [-0.15, -0.1) is 24.0 Å². The van der Waals surface area contributed by atoms with Crippen LogP contribution in [0.4, 0.5) is 0 Å². The van der Waals surface area contributed by atoms with Crippen LogP contribution in [0.1, 0.15) is 11.3 Å². The molecule has 1 heterocycles. The first-order chi connectivity index (χ1) is 12.5. The number of nitrogens with zero attached hydrogens (tertiary/aromatic N) is 3.